The van der Waals surface area contributed by atoms with Gasteiger partial charge in [-0.3, -0.25) is 9.20 Å². The zero-order chi connectivity index (χ0) is 14.2. The first-order valence-corrected chi connectivity index (χ1v) is 7.51. The Bertz CT molecular complexity index is 668. The predicted molar refractivity (Wildman–Crippen MR) is 75.7 cm³/mol. The minimum absolute atomic E-state index is 0.0228. The monoisotopic (exact) mass is 286 g/mol. The van der Waals surface area contributed by atoms with E-state index in [9.17, 15) is 4.79 Å². The van der Waals surface area contributed by atoms with Crippen molar-refractivity contribution < 1.29 is 9.53 Å². The number of aromatic nitrogens is 3. The van der Waals surface area contributed by atoms with Gasteiger partial charge in [0, 0.05) is 18.7 Å². The van der Waals surface area contributed by atoms with Crippen LogP contribution in [0.1, 0.15) is 36.0 Å². The van der Waals surface area contributed by atoms with E-state index >= 15 is 0 Å². The summed E-state index contributed by atoms with van der Waals surface area (Å²) in [5.74, 6) is 0.518. The molecule has 0 spiro atoms. The molecular formula is C15H18N4O2. The number of carbonyl (C=O) groups excluding carboxylic acids is 1. The van der Waals surface area contributed by atoms with E-state index in [1.807, 2.05) is 11.0 Å². The minimum Gasteiger partial charge on any atom is -0.357 e. The third-order valence-corrected chi connectivity index (χ3v) is 4.56. The maximum absolute atomic E-state index is 12.6. The molecule has 0 radical (unpaired) electrons. The van der Waals surface area contributed by atoms with Crippen molar-refractivity contribution >= 4 is 11.6 Å². The summed E-state index contributed by atoms with van der Waals surface area (Å²) in [5.41, 5.74) is 1.40. The average Bonchev–Trinajstić information content (AvgIpc) is 3.01. The van der Waals surface area contributed by atoms with Gasteiger partial charge in [0.25, 0.3) is 5.91 Å². The quantitative estimate of drug-likeness (QED) is 0.801. The number of rotatable bonds is 1. The van der Waals surface area contributed by atoms with Crippen LogP contribution in [0, 0.1) is 5.92 Å². The average molecular weight is 286 g/mol. The van der Waals surface area contributed by atoms with Crippen molar-refractivity contribution in [3.63, 3.8) is 0 Å². The van der Waals surface area contributed by atoms with Gasteiger partial charge in [-0.1, -0.05) is 12.8 Å². The van der Waals surface area contributed by atoms with E-state index in [4.69, 9.17) is 4.74 Å². The van der Waals surface area contributed by atoms with E-state index < -0.39 is 0 Å². The van der Waals surface area contributed by atoms with Gasteiger partial charge in [-0.15, -0.1) is 10.2 Å². The van der Waals surface area contributed by atoms with Gasteiger partial charge in [-0.2, -0.15) is 0 Å². The van der Waals surface area contributed by atoms with Gasteiger partial charge in [0.2, 0.25) is 0 Å². The first kappa shape index (κ1) is 12.8. The molecule has 4 rings (SSSR count). The van der Waals surface area contributed by atoms with Crippen molar-refractivity contribution in [1.29, 1.82) is 0 Å². The summed E-state index contributed by atoms with van der Waals surface area (Å²) in [5, 5.41) is 7.78. The molecule has 2 aliphatic rings. The molecule has 2 atom stereocenters. The van der Waals surface area contributed by atoms with Crippen LogP contribution in [0.15, 0.2) is 24.7 Å². The molecule has 21 heavy (non-hydrogen) atoms. The fourth-order valence-electron chi connectivity index (χ4n) is 3.40. The van der Waals surface area contributed by atoms with Gasteiger partial charge >= 0.3 is 0 Å². The number of pyridine rings is 1. The Morgan fingerprint density at radius 1 is 1.29 bits per heavy atom. The summed E-state index contributed by atoms with van der Waals surface area (Å²) in [7, 11) is 0. The van der Waals surface area contributed by atoms with E-state index in [0.717, 1.165) is 18.6 Å². The molecule has 1 aliphatic carbocycles. The molecule has 110 valence electrons. The molecule has 1 saturated heterocycles. The summed E-state index contributed by atoms with van der Waals surface area (Å²) in [6.07, 6.45) is 8.54. The SMILES string of the molecule is O=C(c1ccc2nncn2c1)N1COC2CCCCC2C1. The van der Waals surface area contributed by atoms with Crippen molar-refractivity contribution in [2.24, 2.45) is 5.92 Å². The summed E-state index contributed by atoms with van der Waals surface area (Å²) in [6.45, 7) is 1.21. The second-order valence-corrected chi connectivity index (χ2v) is 5.92. The molecule has 1 amide bonds. The van der Waals surface area contributed by atoms with Gasteiger partial charge in [0.05, 0.1) is 11.7 Å². The van der Waals surface area contributed by atoms with Crippen molar-refractivity contribution in [2.45, 2.75) is 31.8 Å². The topological polar surface area (TPSA) is 59.7 Å². The van der Waals surface area contributed by atoms with Gasteiger partial charge < -0.3 is 9.64 Å². The number of hydrogen-bond acceptors (Lipinski definition) is 4. The molecule has 0 aromatic carbocycles. The highest BCUT2D eigenvalue weighted by molar-refractivity contribution is 5.94. The lowest BCUT2D eigenvalue weighted by Crippen LogP contribution is -2.48. The normalized spacial score (nSPS) is 25.8. The van der Waals surface area contributed by atoms with E-state index in [1.54, 1.807) is 23.0 Å². The highest BCUT2D eigenvalue weighted by Gasteiger charge is 2.34. The van der Waals surface area contributed by atoms with Gasteiger partial charge in [-0.05, 0) is 25.0 Å². The predicted octanol–water partition coefficient (Wildman–Crippen LogP) is 1.72. The molecule has 0 N–H and O–H groups in total. The fourth-order valence-corrected chi connectivity index (χ4v) is 3.40. The summed E-state index contributed by atoms with van der Waals surface area (Å²) < 4.78 is 7.65. The molecule has 0 bridgehead atoms. The van der Waals surface area contributed by atoms with Crippen LogP contribution in [0.4, 0.5) is 0 Å². The van der Waals surface area contributed by atoms with Crippen molar-refractivity contribution in [3.05, 3.63) is 30.2 Å². The van der Waals surface area contributed by atoms with E-state index in [0.29, 0.717) is 24.3 Å². The Kier molecular flexibility index (Phi) is 3.11. The maximum Gasteiger partial charge on any atom is 0.257 e. The second kappa shape index (κ2) is 5.11. The Morgan fingerprint density at radius 3 is 3.14 bits per heavy atom. The molecular weight excluding hydrogens is 268 g/mol. The van der Waals surface area contributed by atoms with Crippen LogP contribution in [0.5, 0.6) is 0 Å². The Morgan fingerprint density at radius 2 is 2.19 bits per heavy atom. The molecule has 2 fully saturated rings. The number of ether oxygens (including phenoxy) is 1. The van der Waals surface area contributed by atoms with E-state index in [1.165, 1.54) is 19.3 Å². The number of amides is 1. The number of fused-ring (bicyclic) bond motifs is 2. The molecule has 2 unspecified atom stereocenters. The maximum atomic E-state index is 12.6. The summed E-state index contributed by atoms with van der Waals surface area (Å²) >= 11 is 0. The standard InChI is InChI=1S/C15H18N4O2/c20-15(12-5-6-14-17-16-9-18(14)8-12)19-7-11-3-1-2-4-13(11)21-10-19/h5-6,8-9,11,13H,1-4,7,10H2. The molecule has 1 aliphatic heterocycles. The third-order valence-electron chi connectivity index (χ3n) is 4.56. The Balaban J connectivity index is 1.53. The number of carbonyl (C=O) groups is 1. The lowest BCUT2D eigenvalue weighted by molar-refractivity contribution is -0.102. The Labute approximate surface area is 122 Å². The first-order valence-electron chi connectivity index (χ1n) is 7.51. The van der Waals surface area contributed by atoms with Crippen LogP contribution in [0.2, 0.25) is 0 Å². The van der Waals surface area contributed by atoms with Crippen LogP contribution in [0.3, 0.4) is 0 Å². The second-order valence-electron chi connectivity index (χ2n) is 5.92. The zero-order valence-corrected chi connectivity index (χ0v) is 11.8. The smallest absolute Gasteiger partial charge is 0.257 e. The third kappa shape index (κ3) is 2.29. The lowest BCUT2D eigenvalue weighted by atomic mass is 9.85. The number of hydrogen-bond donors (Lipinski definition) is 0. The van der Waals surface area contributed by atoms with E-state index in [2.05, 4.69) is 10.2 Å². The van der Waals surface area contributed by atoms with Gasteiger partial charge in [0.15, 0.2) is 5.65 Å². The first-order chi connectivity index (χ1) is 10.3. The van der Waals surface area contributed by atoms with Crippen LogP contribution in [-0.2, 0) is 4.74 Å². The van der Waals surface area contributed by atoms with Crippen LogP contribution in [-0.4, -0.2) is 44.8 Å². The minimum atomic E-state index is 0.0228. The Hall–Kier alpha value is -1.95. The zero-order valence-electron chi connectivity index (χ0n) is 11.8. The van der Waals surface area contributed by atoms with Crippen molar-refractivity contribution in [2.75, 3.05) is 13.3 Å². The van der Waals surface area contributed by atoms with E-state index in [-0.39, 0.29) is 5.91 Å². The van der Waals surface area contributed by atoms with Crippen LogP contribution < -0.4 is 0 Å². The van der Waals surface area contributed by atoms with Gasteiger partial charge in [-0.25, -0.2) is 0 Å². The van der Waals surface area contributed by atoms with Gasteiger partial charge in [0.1, 0.15) is 13.1 Å². The highest BCUT2D eigenvalue weighted by atomic mass is 16.5. The molecule has 1 saturated carbocycles. The highest BCUT2D eigenvalue weighted by Crippen LogP contribution is 2.31. The molecule has 2 aromatic heterocycles. The molecule has 6 nitrogen and oxygen atoms in total. The van der Waals surface area contributed by atoms with Crippen LogP contribution >= 0.6 is 0 Å². The van der Waals surface area contributed by atoms with Crippen molar-refractivity contribution in [1.82, 2.24) is 19.5 Å². The summed E-state index contributed by atoms with van der Waals surface area (Å²) in [6, 6.07) is 3.62. The fraction of sp³-hybridized carbons (Fsp3) is 0.533. The molecule has 6 heteroatoms. The molecule has 3 heterocycles. The summed E-state index contributed by atoms with van der Waals surface area (Å²) in [4.78, 5) is 14.4. The van der Waals surface area contributed by atoms with Crippen molar-refractivity contribution in [3.8, 4) is 0 Å². The largest absolute Gasteiger partial charge is 0.357 e. The lowest BCUT2D eigenvalue weighted by Gasteiger charge is -2.41. The van der Waals surface area contributed by atoms with Crippen LogP contribution in [0.25, 0.3) is 5.65 Å². The number of nitrogens with zero attached hydrogens (tertiary/aromatic N) is 4. The molecule has 2 aromatic rings.